The first-order chi connectivity index (χ1) is 13.6. The number of hydrogen-bond donors (Lipinski definition) is 0. The van der Waals surface area contributed by atoms with Crippen LogP contribution in [-0.4, -0.2) is 117 Å². The van der Waals surface area contributed by atoms with Gasteiger partial charge in [-0.1, -0.05) is 0 Å². The van der Waals surface area contributed by atoms with Gasteiger partial charge in [0.2, 0.25) is 0 Å². The molecule has 3 aliphatic heterocycles. The lowest BCUT2D eigenvalue weighted by atomic mass is 9.97. The normalized spacial score (nSPS) is 46.1. The van der Waals surface area contributed by atoms with E-state index in [2.05, 4.69) is 0 Å². The van der Waals surface area contributed by atoms with E-state index in [1.54, 1.807) is 42.7 Å². The Balaban J connectivity index is 1.81. The zero-order chi connectivity index (χ0) is 20.3. The summed E-state index contributed by atoms with van der Waals surface area (Å²) in [6, 6.07) is 0. The third-order valence-corrected chi connectivity index (χ3v) is 5.59. The van der Waals surface area contributed by atoms with Crippen molar-refractivity contribution in [3.05, 3.63) is 0 Å². The minimum absolute atomic E-state index is 0.301. The standard InChI is InChI=1S/C18H32O10/c1-19-7-9-11(20-2)13(21-3)16(24-6)18(27-9)28-12-10-8-25-17(26-10)15(23-5)14(12)22-4/h9-18H,7-8H2,1-6H3/t9-,10-,11+,12-,13+,14+,15-,16-,17-,18+/m1/s1. The van der Waals surface area contributed by atoms with Gasteiger partial charge in [0.05, 0.1) is 13.2 Å². The van der Waals surface area contributed by atoms with Crippen molar-refractivity contribution in [2.75, 3.05) is 55.9 Å². The van der Waals surface area contributed by atoms with Crippen molar-refractivity contribution in [1.29, 1.82) is 0 Å². The molecule has 0 N–H and O–H groups in total. The van der Waals surface area contributed by atoms with Crippen LogP contribution in [0.2, 0.25) is 0 Å². The Morgan fingerprint density at radius 3 is 1.86 bits per heavy atom. The SMILES string of the molecule is COC[C@H]1O[C@@H](O[C@H]2[C@H](OC)[C@@H](OC)[C@@H]3OC[C@H]2O3)[C@H](OC)[C@@H](OC)[C@H]1OC. The summed E-state index contributed by atoms with van der Waals surface area (Å²) in [7, 11) is 9.59. The van der Waals surface area contributed by atoms with E-state index < -0.39 is 43.1 Å². The molecule has 10 heteroatoms. The van der Waals surface area contributed by atoms with Crippen molar-refractivity contribution < 1.29 is 47.4 Å². The van der Waals surface area contributed by atoms with Crippen LogP contribution in [0.1, 0.15) is 0 Å². The highest BCUT2D eigenvalue weighted by atomic mass is 16.8. The highest BCUT2D eigenvalue weighted by Gasteiger charge is 2.55. The molecule has 0 aromatic heterocycles. The molecule has 0 amide bonds. The molecule has 10 nitrogen and oxygen atoms in total. The van der Waals surface area contributed by atoms with Crippen LogP contribution in [0.25, 0.3) is 0 Å². The van der Waals surface area contributed by atoms with E-state index in [9.17, 15) is 0 Å². The smallest absolute Gasteiger partial charge is 0.187 e. The van der Waals surface area contributed by atoms with E-state index in [0.717, 1.165) is 0 Å². The lowest BCUT2D eigenvalue weighted by Crippen LogP contribution is -2.64. The third kappa shape index (κ3) is 4.08. The number of hydrogen-bond acceptors (Lipinski definition) is 10. The van der Waals surface area contributed by atoms with E-state index in [4.69, 9.17) is 47.4 Å². The quantitative estimate of drug-likeness (QED) is 0.501. The molecule has 0 unspecified atom stereocenters. The van der Waals surface area contributed by atoms with Crippen LogP contribution in [0.15, 0.2) is 0 Å². The molecule has 0 radical (unpaired) electrons. The highest BCUT2D eigenvalue weighted by molar-refractivity contribution is 4.98. The van der Waals surface area contributed by atoms with Crippen molar-refractivity contribution in [2.45, 2.75) is 61.4 Å². The van der Waals surface area contributed by atoms with Crippen molar-refractivity contribution in [3.63, 3.8) is 0 Å². The minimum atomic E-state index is -0.748. The van der Waals surface area contributed by atoms with Gasteiger partial charge in [-0.05, 0) is 0 Å². The molecule has 2 bridgehead atoms. The number of ether oxygens (including phenoxy) is 10. The lowest BCUT2D eigenvalue weighted by molar-refractivity contribution is -0.347. The first-order valence-electron chi connectivity index (χ1n) is 9.34. The first-order valence-corrected chi connectivity index (χ1v) is 9.34. The highest BCUT2D eigenvalue weighted by Crippen LogP contribution is 2.36. The molecule has 0 aromatic rings. The fraction of sp³-hybridized carbons (Fsp3) is 1.00. The van der Waals surface area contributed by atoms with Gasteiger partial charge in [-0.25, -0.2) is 0 Å². The molecule has 3 fully saturated rings. The van der Waals surface area contributed by atoms with Gasteiger partial charge in [-0.15, -0.1) is 0 Å². The molecule has 10 atom stereocenters. The molecular weight excluding hydrogens is 376 g/mol. The molecule has 0 aromatic carbocycles. The van der Waals surface area contributed by atoms with Crippen LogP contribution in [0.4, 0.5) is 0 Å². The maximum absolute atomic E-state index is 6.35. The second-order valence-corrected chi connectivity index (χ2v) is 6.98. The summed E-state index contributed by atoms with van der Waals surface area (Å²) >= 11 is 0. The molecule has 164 valence electrons. The summed E-state index contributed by atoms with van der Waals surface area (Å²) in [6.45, 7) is 0.703. The molecule has 0 saturated carbocycles. The number of methoxy groups -OCH3 is 6. The summed E-state index contributed by atoms with van der Waals surface area (Å²) in [5.74, 6) is 0. The lowest BCUT2D eigenvalue weighted by Gasteiger charge is -2.47. The Morgan fingerprint density at radius 1 is 0.679 bits per heavy atom. The zero-order valence-corrected chi connectivity index (χ0v) is 17.3. The maximum atomic E-state index is 6.35. The number of rotatable bonds is 9. The van der Waals surface area contributed by atoms with Crippen LogP contribution in [-0.2, 0) is 47.4 Å². The van der Waals surface area contributed by atoms with Gasteiger partial charge in [0.1, 0.15) is 48.8 Å². The molecule has 3 saturated heterocycles. The van der Waals surface area contributed by atoms with Crippen molar-refractivity contribution in [3.8, 4) is 0 Å². The van der Waals surface area contributed by atoms with E-state index in [1.165, 1.54) is 0 Å². The Morgan fingerprint density at radius 2 is 1.29 bits per heavy atom. The predicted octanol–water partition coefficient (Wildman–Crippen LogP) is -0.427. The zero-order valence-electron chi connectivity index (χ0n) is 17.3. The molecule has 3 aliphatic rings. The van der Waals surface area contributed by atoms with Crippen LogP contribution < -0.4 is 0 Å². The Hall–Kier alpha value is -0.400. The topological polar surface area (TPSA) is 92.3 Å². The molecule has 0 spiro atoms. The van der Waals surface area contributed by atoms with Crippen molar-refractivity contribution in [2.24, 2.45) is 0 Å². The van der Waals surface area contributed by atoms with Gasteiger partial charge in [-0.2, -0.15) is 0 Å². The van der Waals surface area contributed by atoms with E-state index in [-0.39, 0.29) is 18.3 Å². The molecule has 3 heterocycles. The summed E-state index contributed by atoms with van der Waals surface area (Å²) in [5, 5.41) is 0. The van der Waals surface area contributed by atoms with E-state index in [1.807, 2.05) is 0 Å². The Bertz CT molecular complexity index is 479. The van der Waals surface area contributed by atoms with Crippen molar-refractivity contribution >= 4 is 0 Å². The van der Waals surface area contributed by atoms with Gasteiger partial charge in [0, 0.05) is 42.7 Å². The second kappa shape index (κ2) is 10.1. The summed E-state index contributed by atoms with van der Waals surface area (Å²) in [4.78, 5) is 0. The fourth-order valence-corrected chi connectivity index (χ4v) is 4.26. The average molecular weight is 408 g/mol. The monoisotopic (exact) mass is 408 g/mol. The van der Waals surface area contributed by atoms with Crippen LogP contribution in [0.5, 0.6) is 0 Å². The van der Waals surface area contributed by atoms with Crippen LogP contribution in [0.3, 0.4) is 0 Å². The largest absolute Gasteiger partial charge is 0.382 e. The van der Waals surface area contributed by atoms with Gasteiger partial charge in [0.15, 0.2) is 12.6 Å². The minimum Gasteiger partial charge on any atom is -0.382 e. The molecule has 0 aliphatic carbocycles. The Kier molecular flexibility index (Phi) is 8.02. The molecular formula is C18H32O10. The molecule has 28 heavy (non-hydrogen) atoms. The van der Waals surface area contributed by atoms with Gasteiger partial charge >= 0.3 is 0 Å². The van der Waals surface area contributed by atoms with Crippen LogP contribution in [0, 0.1) is 0 Å². The maximum Gasteiger partial charge on any atom is 0.187 e. The number of fused-ring (bicyclic) bond motifs is 2. The summed E-state index contributed by atoms with van der Waals surface area (Å²) in [5.41, 5.74) is 0. The van der Waals surface area contributed by atoms with E-state index >= 15 is 0 Å². The Labute approximate surface area is 165 Å². The van der Waals surface area contributed by atoms with Crippen LogP contribution >= 0.6 is 0 Å². The molecule has 3 rings (SSSR count). The summed E-state index contributed by atoms with van der Waals surface area (Å²) < 4.78 is 57.6. The van der Waals surface area contributed by atoms with Gasteiger partial charge in [-0.3, -0.25) is 0 Å². The van der Waals surface area contributed by atoms with Gasteiger partial charge in [0.25, 0.3) is 0 Å². The first kappa shape index (κ1) is 22.3. The summed E-state index contributed by atoms with van der Waals surface area (Å²) in [6.07, 6.45) is -4.52. The fourth-order valence-electron chi connectivity index (χ4n) is 4.26. The predicted molar refractivity (Wildman–Crippen MR) is 94.0 cm³/mol. The average Bonchev–Trinajstić information content (AvgIpc) is 3.14. The third-order valence-electron chi connectivity index (χ3n) is 5.59. The van der Waals surface area contributed by atoms with Gasteiger partial charge < -0.3 is 47.4 Å². The van der Waals surface area contributed by atoms with E-state index in [0.29, 0.717) is 13.2 Å². The van der Waals surface area contributed by atoms with Crippen molar-refractivity contribution in [1.82, 2.24) is 0 Å². The second-order valence-electron chi connectivity index (χ2n) is 6.98.